The maximum absolute atomic E-state index is 10.7. The van der Waals surface area contributed by atoms with E-state index in [9.17, 15) is 4.79 Å². The second kappa shape index (κ2) is 4.45. The molecule has 0 aromatic heterocycles. The average Bonchev–Trinajstić information content (AvgIpc) is 2.66. The summed E-state index contributed by atoms with van der Waals surface area (Å²) in [5, 5.41) is 12.1. The van der Waals surface area contributed by atoms with Crippen LogP contribution in [0.2, 0.25) is 0 Å². The van der Waals surface area contributed by atoms with Crippen LogP contribution in [0, 0.1) is 5.92 Å². The van der Waals surface area contributed by atoms with Gasteiger partial charge in [0.1, 0.15) is 0 Å². The van der Waals surface area contributed by atoms with Crippen molar-refractivity contribution in [1.29, 1.82) is 0 Å². The molecule has 1 fully saturated rings. The predicted octanol–water partition coefficient (Wildman–Crippen LogP) is 1.46. The van der Waals surface area contributed by atoms with Crippen LogP contribution in [0.4, 0.5) is 0 Å². The first-order valence-corrected chi connectivity index (χ1v) is 5.25. The van der Waals surface area contributed by atoms with Crippen molar-refractivity contribution in [1.82, 2.24) is 5.32 Å². The Kier molecular flexibility index (Phi) is 3.02. The molecule has 15 heavy (non-hydrogen) atoms. The van der Waals surface area contributed by atoms with E-state index in [2.05, 4.69) is 17.4 Å². The summed E-state index contributed by atoms with van der Waals surface area (Å²) in [6.07, 6.45) is 0.257. The van der Waals surface area contributed by atoms with Crippen LogP contribution in [0.5, 0.6) is 0 Å². The Labute approximate surface area is 89.1 Å². The second-order valence-electron chi connectivity index (χ2n) is 4.03. The summed E-state index contributed by atoms with van der Waals surface area (Å²) < 4.78 is 0. The zero-order valence-corrected chi connectivity index (χ0v) is 8.52. The molecule has 1 aromatic carbocycles. The molecule has 0 aliphatic carbocycles. The summed E-state index contributed by atoms with van der Waals surface area (Å²) >= 11 is 0. The molecule has 1 heterocycles. The number of rotatable bonds is 3. The highest BCUT2D eigenvalue weighted by molar-refractivity contribution is 5.67. The molecule has 1 aliphatic heterocycles. The van der Waals surface area contributed by atoms with Crippen molar-refractivity contribution in [3.8, 4) is 0 Å². The van der Waals surface area contributed by atoms with E-state index in [1.54, 1.807) is 0 Å². The summed E-state index contributed by atoms with van der Waals surface area (Å²) in [6.45, 7) is 1.70. The minimum absolute atomic E-state index is 0.227. The molecule has 1 aromatic rings. The van der Waals surface area contributed by atoms with Gasteiger partial charge >= 0.3 is 5.97 Å². The van der Waals surface area contributed by atoms with Gasteiger partial charge in [0.25, 0.3) is 0 Å². The SMILES string of the molecule is O=C(O)C[C@H]1CNC[C@@H]1c1ccccc1. The van der Waals surface area contributed by atoms with Gasteiger partial charge in [-0.3, -0.25) is 4.79 Å². The van der Waals surface area contributed by atoms with Gasteiger partial charge in [0.2, 0.25) is 0 Å². The highest BCUT2D eigenvalue weighted by Gasteiger charge is 2.29. The molecule has 1 aliphatic rings. The number of benzene rings is 1. The summed E-state index contributed by atoms with van der Waals surface area (Å²) in [5.41, 5.74) is 1.24. The van der Waals surface area contributed by atoms with Crippen LogP contribution in [0.25, 0.3) is 0 Å². The summed E-state index contributed by atoms with van der Waals surface area (Å²) in [5.74, 6) is -0.128. The zero-order valence-electron chi connectivity index (χ0n) is 8.52. The van der Waals surface area contributed by atoms with Crippen LogP contribution in [0.3, 0.4) is 0 Å². The van der Waals surface area contributed by atoms with Crippen molar-refractivity contribution < 1.29 is 9.90 Å². The molecule has 3 heteroatoms. The van der Waals surface area contributed by atoms with Gasteiger partial charge in [-0.15, -0.1) is 0 Å². The van der Waals surface area contributed by atoms with Crippen LogP contribution in [0.1, 0.15) is 17.9 Å². The molecular formula is C12H15NO2. The maximum Gasteiger partial charge on any atom is 0.303 e. The molecule has 2 atom stereocenters. The molecule has 1 saturated heterocycles. The first-order chi connectivity index (χ1) is 7.27. The number of carboxylic acids is 1. The van der Waals surface area contributed by atoms with Gasteiger partial charge in [-0.05, 0) is 18.0 Å². The number of carboxylic acid groups (broad SMARTS) is 1. The Balaban J connectivity index is 2.11. The standard InChI is InChI=1S/C12H15NO2/c14-12(15)6-10-7-13-8-11(10)9-4-2-1-3-5-9/h1-5,10-11,13H,6-8H2,(H,14,15)/t10-,11+/m0/s1. The van der Waals surface area contributed by atoms with Crippen molar-refractivity contribution in [3.63, 3.8) is 0 Å². The van der Waals surface area contributed by atoms with Gasteiger partial charge in [0.15, 0.2) is 0 Å². The Hall–Kier alpha value is -1.35. The average molecular weight is 205 g/mol. The van der Waals surface area contributed by atoms with E-state index in [1.165, 1.54) is 5.56 Å². The van der Waals surface area contributed by atoms with Gasteiger partial charge in [-0.1, -0.05) is 30.3 Å². The van der Waals surface area contributed by atoms with E-state index in [0.717, 1.165) is 13.1 Å². The lowest BCUT2D eigenvalue weighted by molar-refractivity contribution is -0.138. The summed E-state index contributed by atoms with van der Waals surface area (Å²) in [4.78, 5) is 10.7. The topological polar surface area (TPSA) is 49.3 Å². The van der Waals surface area contributed by atoms with E-state index >= 15 is 0 Å². The highest BCUT2D eigenvalue weighted by atomic mass is 16.4. The van der Waals surface area contributed by atoms with E-state index in [0.29, 0.717) is 5.92 Å². The van der Waals surface area contributed by atoms with Gasteiger partial charge in [-0.2, -0.15) is 0 Å². The monoisotopic (exact) mass is 205 g/mol. The lowest BCUT2D eigenvalue weighted by Gasteiger charge is -2.16. The molecular weight excluding hydrogens is 190 g/mol. The third-order valence-corrected chi connectivity index (χ3v) is 3.00. The van der Waals surface area contributed by atoms with Crippen molar-refractivity contribution in [3.05, 3.63) is 35.9 Å². The molecule has 2 rings (SSSR count). The Bertz CT molecular complexity index is 337. The fourth-order valence-corrected chi connectivity index (χ4v) is 2.26. The zero-order chi connectivity index (χ0) is 10.7. The van der Waals surface area contributed by atoms with Crippen molar-refractivity contribution >= 4 is 5.97 Å². The molecule has 0 spiro atoms. The Morgan fingerprint density at radius 3 is 2.73 bits per heavy atom. The fourth-order valence-electron chi connectivity index (χ4n) is 2.26. The summed E-state index contributed by atoms with van der Waals surface area (Å²) in [6, 6.07) is 10.1. The third kappa shape index (κ3) is 2.36. The summed E-state index contributed by atoms with van der Waals surface area (Å²) in [7, 11) is 0. The van der Waals surface area contributed by atoms with Gasteiger partial charge in [0, 0.05) is 18.9 Å². The fraction of sp³-hybridized carbons (Fsp3) is 0.417. The van der Waals surface area contributed by atoms with Crippen molar-refractivity contribution in [2.24, 2.45) is 5.92 Å². The quantitative estimate of drug-likeness (QED) is 0.785. The molecule has 80 valence electrons. The van der Waals surface area contributed by atoms with E-state index in [-0.39, 0.29) is 12.3 Å². The minimum atomic E-state index is -0.704. The van der Waals surface area contributed by atoms with Gasteiger partial charge in [-0.25, -0.2) is 0 Å². The van der Waals surface area contributed by atoms with Crippen LogP contribution >= 0.6 is 0 Å². The van der Waals surface area contributed by atoms with Crippen LogP contribution in [0.15, 0.2) is 30.3 Å². The van der Waals surface area contributed by atoms with E-state index in [1.807, 2.05) is 18.2 Å². The number of nitrogens with one attached hydrogen (secondary N) is 1. The molecule has 0 amide bonds. The first-order valence-electron chi connectivity index (χ1n) is 5.25. The van der Waals surface area contributed by atoms with Crippen LogP contribution in [-0.2, 0) is 4.79 Å². The van der Waals surface area contributed by atoms with Gasteiger partial charge in [0.05, 0.1) is 0 Å². The molecule has 0 unspecified atom stereocenters. The van der Waals surface area contributed by atoms with Crippen LogP contribution < -0.4 is 5.32 Å². The number of aliphatic carboxylic acids is 1. The maximum atomic E-state index is 10.7. The van der Waals surface area contributed by atoms with E-state index < -0.39 is 5.97 Å². The number of hydrogen-bond acceptors (Lipinski definition) is 2. The predicted molar refractivity (Wildman–Crippen MR) is 57.8 cm³/mol. The molecule has 2 N–H and O–H groups in total. The largest absolute Gasteiger partial charge is 0.481 e. The third-order valence-electron chi connectivity index (χ3n) is 3.00. The molecule has 3 nitrogen and oxygen atoms in total. The molecule has 0 saturated carbocycles. The second-order valence-corrected chi connectivity index (χ2v) is 4.03. The van der Waals surface area contributed by atoms with Crippen LogP contribution in [-0.4, -0.2) is 24.2 Å². The minimum Gasteiger partial charge on any atom is -0.481 e. The lowest BCUT2D eigenvalue weighted by atomic mass is 9.87. The smallest absolute Gasteiger partial charge is 0.303 e. The Morgan fingerprint density at radius 1 is 1.33 bits per heavy atom. The molecule has 0 bridgehead atoms. The van der Waals surface area contributed by atoms with Gasteiger partial charge < -0.3 is 10.4 Å². The first kappa shape index (κ1) is 10.2. The lowest BCUT2D eigenvalue weighted by Crippen LogP contribution is -2.15. The molecule has 0 radical (unpaired) electrons. The van der Waals surface area contributed by atoms with Crippen molar-refractivity contribution in [2.75, 3.05) is 13.1 Å². The normalized spacial score (nSPS) is 25.3. The number of hydrogen-bond donors (Lipinski definition) is 2. The Morgan fingerprint density at radius 2 is 2.07 bits per heavy atom. The van der Waals surface area contributed by atoms with E-state index in [4.69, 9.17) is 5.11 Å². The van der Waals surface area contributed by atoms with Crippen molar-refractivity contribution in [2.45, 2.75) is 12.3 Å². The number of carbonyl (C=O) groups is 1. The highest BCUT2D eigenvalue weighted by Crippen LogP contribution is 2.29.